The average Bonchev–Trinajstić information content (AvgIpc) is 2.92. The van der Waals surface area contributed by atoms with Crippen LogP contribution in [0.2, 0.25) is 0 Å². The maximum atomic E-state index is 13.9. The molecule has 1 unspecified atom stereocenters. The standard InChI is InChI=1S/C22H22FNO5S2/c1-14-19(11-15-3-6-17(7-4-15)30(2)26)18-8-5-16(23)12-21(18)20(14)13-22(25)24-9-10-31(27,28)29/h3-8,11-12H,9-10,13H2,1-2H3,(H,24,25)(H,27,28,29)/b19-11-. The van der Waals surface area contributed by atoms with Crippen LogP contribution in [0, 0.1) is 5.82 Å². The van der Waals surface area contributed by atoms with Crippen molar-refractivity contribution in [2.45, 2.75) is 18.2 Å². The van der Waals surface area contributed by atoms with E-state index in [1.54, 1.807) is 24.5 Å². The molecular formula is C22H22FNO5S2. The first-order valence-corrected chi connectivity index (χ1v) is 12.6. The SMILES string of the molecule is CC1=C(CC(=O)NCCS(=O)(=O)O)c2cc(F)ccc2/C1=C\c1ccc(S(C)=O)cc1. The van der Waals surface area contributed by atoms with Crippen LogP contribution in [0.4, 0.5) is 4.39 Å². The summed E-state index contributed by atoms with van der Waals surface area (Å²) in [6.45, 7) is 1.63. The number of halogens is 1. The minimum atomic E-state index is -4.17. The predicted molar refractivity (Wildman–Crippen MR) is 120 cm³/mol. The van der Waals surface area contributed by atoms with E-state index in [2.05, 4.69) is 5.32 Å². The highest BCUT2D eigenvalue weighted by Gasteiger charge is 2.25. The molecule has 0 spiro atoms. The van der Waals surface area contributed by atoms with Gasteiger partial charge in [0.05, 0.1) is 12.2 Å². The third-order valence-electron chi connectivity index (χ3n) is 5.00. The highest BCUT2D eigenvalue weighted by atomic mass is 32.2. The van der Waals surface area contributed by atoms with E-state index in [-0.39, 0.29) is 13.0 Å². The topological polar surface area (TPSA) is 101 Å². The average molecular weight is 464 g/mol. The number of hydrogen-bond acceptors (Lipinski definition) is 4. The van der Waals surface area contributed by atoms with Gasteiger partial charge in [-0.05, 0) is 70.7 Å². The molecule has 164 valence electrons. The van der Waals surface area contributed by atoms with E-state index in [4.69, 9.17) is 4.55 Å². The number of carbonyl (C=O) groups excluding carboxylic acids is 1. The molecule has 1 aliphatic rings. The minimum Gasteiger partial charge on any atom is -0.355 e. The Balaban J connectivity index is 1.91. The molecule has 0 aliphatic heterocycles. The first-order valence-electron chi connectivity index (χ1n) is 9.42. The van der Waals surface area contributed by atoms with Gasteiger partial charge in [0, 0.05) is 28.5 Å². The van der Waals surface area contributed by atoms with E-state index in [0.717, 1.165) is 22.3 Å². The number of carbonyl (C=O) groups is 1. The quantitative estimate of drug-likeness (QED) is 0.614. The number of benzene rings is 2. The largest absolute Gasteiger partial charge is 0.355 e. The Morgan fingerprint density at radius 3 is 2.45 bits per heavy atom. The summed E-state index contributed by atoms with van der Waals surface area (Å²) in [4.78, 5) is 13.0. The van der Waals surface area contributed by atoms with Crippen LogP contribution in [0.5, 0.6) is 0 Å². The first kappa shape index (κ1) is 23.1. The molecule has 31 heavy (non-hydrogen) atoms. The van der Waals surface area contributed by atoms with Crippen molar-refractivity contribution in [1.29, 1.82) is 0 Å². The van der Waals surface area contributed by atoms with Crippen molar-refractivity contribution in [3.05, 3.63) is 70.5 Å². The zero-order valence-corrected chi connectivity index (χ0v) is 18.6. The molecule has 0 saturated heterocycles. The molecule has 0 aromatic heterocycles. The van der Waals surface area contributed by atoms with Gasteiger partial charge in [0.2, 0.25) is 5.91 Å². The molecule has 1 aliphatic carbocycles. The Morgan fingerprint density at radius 2 is 1.84 bits per heavy atom. The first-order chi connectivity index (χ1) is 14.5. The van der Waals surface area contributed by atoms with Crippen molar-refractivity contribution < 1.29 is 26.4 Å². The van der Waals surface area contributed by atoms with E-state index in [1.807, 2.05) is 25.1 Å². The number of amides is 1. The van der Waals surface area contributed by atoms with Crippen LogP contribution in [-0.4, -0.2) is 41.6 Å². The van der Waals surface area contributed by atoms with Crippen molar-refractivity contribution in [3.8, 4) is 0 Å². The molecule has 2 N–H and O–H groups in total. The highest BCUT2D eigenvalue weighted by molar-refractivity contribution is 7.85. The zero-order valence-electron chi connectivity index (χ0n) is 17.0. The summed E-state index contributed by atoms with van der Waals surface area (Å²) in [7, 11) is -5.25. The molecule has 3 rings (SSSR count). The van der Waals surface area contributed by atoms with Gasteiger partial charge in [-0.1, -0.05) is 18.2 Å². The van der Waals surface area contributed by atoms with Crippen LogP contribution in [0.3, 0.4) is 0 Å². The van der Waals surface area contributed by atoms with Gasteiger partial charge >= 0.3 is 0 Å². The molecule has 2 aromatic rings. The number of hydrogen-bond donors (Lipinski definition) is 2. The molecule has 0 radical (unpaired) electrons. The normalized spacial score (nSPS) is 15.8. The van der Waals surface area contributed by atoms with Crippen molar-refractivity contribution in [3.63, 3.8) is 0 Å². The molecule has 1 atom stereocenters. The lowest BCUT2D eigenvalue weighted by molar-refractivity contribution is -0.119. The van der Waals surface area contributed by atoms with Crippen molar-refractivity contribution in [2.24, 2.45) is 0 Å². The summed E-state index contributed by atoms with van der Waals surface area (Å²) < 4.78 is 55.9. The number of nitrogens with one attached hydrogen (secondary N) is 1. The Labute approximate surface area is 183 Å². The fraction of sp³-hybridized carbons (Fsp3) is 0.227. The highest BCUT2D eigenvalue weighted by Crippen LogP contribution is 2.43. The molecule has 1 amide bonds. The number of fused-ring (bicyclic) bond motifs is 1. The van der Waals surface area contributed by atoms with Crippen LogP contribution < -0.4 is 5.32 Å². The molecule has 0 heterocycles. The summed E-state index contributed by atoms with van der Waals surface area (Å²) in [5.41, 5.74) is 4.59. The number of allylic oxidation sites excluding steroid dienone is 2. The Kier molecular flexibility index (Phi) is 6.88. The third-order valence-corrected chi connectivity index (χ3v) is 6.65. The molecule has 0 saturated carbocycles. The second kappa shape index (κ2) is 9.25. The van der Waals surface area contributed by atoms with Gasteiger partial charge in [-0.2, -0.15) is 8.42 Å². The van der Waals surface area contributed by atoms with Gasteiger partial charge in [-0.15, -0.1) is 0 Å². The van der Waals surface area contributed by atoms with Crippen LogP contribution in [-0.2, 0) is 25.7 Å². The van der Waals surface area contributed by atoms with Gasteiger partial charge in [0.1, 0.15) is 5.82 Å². The lowest BCUT2D eigenvalue weighted by Crippen LogP contribution is -2.28. The molecule has 0 fully saturated rings. The monoisotopic (exact) mass is 463 g/mol. The molecule has 9 heteroatoms. The summed E-state index contributed by atoms with van der Waals surface area (Å²) >= 11 is 0. The lowest BCUT2D eigenvalue weighted by Gasteiger charge is -2.07. The maximum Gasteiger partial charge on any atom is 0.266 e. The second-order valence-electron chi connectivity index (χ2n) is 7.19. The maximum absolute atomic E-state index is 13.9. The van der Waals surface area contributed by atoms with Gasteiger partial charge in [0.15, 0.2) is 0 Å². The van der Waals surface area contributed by atoms with E-state index in [0.29, 0.717) is 16.0 Å². The van der Waals surface area contributed by atoms with Crippen LogP contribution >= 0.6 is 0 Å². The van der Waals surface area contributed by atoms with Gasteiger partial charge in [-0.3, -0.25) is 13.6 Å². The third kappa shape index (κ3) is 5.75. The van der Waals surface area contributed by atoms with E-state index in [9.17, 15) is 21.8 Å². The zero-order chi connectivity index (χ0) is 22.8. The summed E-state index contributed by atoms with van der Waals surface area (Å²) in [5, 5.41) is 2.46. The minimum absolute atomic E-state index is 0.0567. The van der Waals surface area contributed by atoms with E-state index in [1.165, 1.54) is 12.1 Å². The Morgan fingerprint density at radius 1 is 1.16 bits per heavy atom. The van der Waals surface area contributed by atoms with E-state index < -0.39 is 38.4 Å². The number of rotatable bonds is 7. The molecule has 2 aromatic carbocycles. The van der Waals surface area contributed by atoms with Crippen LogP contribution in [0.25, 0.3) is 17.2 Å². The van der Waals surface area contributed by atoms with Crippen molar-refractivity contribution in [2.75, 3.05) is 18.6 Å². The molecule has 6 nitrogen and oxygen atoms in total. The van der Waals surface area contributed by atoms with Crippen LogP contribution in [0.1, 0.15) is 30.0 Å². The smallest absolute Gasteiger partial charge is 0.266 e. The Hall–Kier alpha value is -2.62. The van der Waals surface area contributed by atoms with Gasteiger partial charge < -0.3 is 5.32 Å². The Bertz CT molecular complexity index is 1210. The fourth-order valence-corrected chi connectivity index (χ4v) is 4.33. The fourth-order valence-electron chi connectivity index (χ4n) is 3.45. The van der Waals surface area contributed by atoms with Crippen LogP contribution in [0.15, 0.2) is 52.9 Å². The lowest BCUT2D eigenvalue weighted by atomic mass is 10.0. The second-order valence-corrected chi connectivity index (χ2v) is 10.1. The summed E-state index contributed by atoms with van der Waals surface area (Å²) in [5.74, 6) is -1.43. The van der Waals surface area contributed by atoms with Crippen molar-refractivity contribution >= 4 is 44.0 Å². The summed E-state index contributed by atoms with van der Waals surface area (Å²) in [6, 6.07) is 11.7. The van der Waals surface area contributed by atoms with Crippen molar-refractivity contribution in [1.82, 2.24) is 5.32 Å². The molecular weight excluding hydrogens is 441 g/mol. The molecule has 0 bridgehead atoms. The predicted octanol–water partition coefficient (Wildman–Crippen LogP) is 3.28. The van der Waals surface area contributed by atoms with E-state index >= 15 is 0 Å². The van der Waals surface area contributed by atoms with Gasteiger partial charge in [0.25, 0.3) is 10.1 Å². The summed E-state index contributed by atoms with van der Waals surface area (Å²) in [6.07, 6.45) is 3.48. The van der Waals surface area contributed by atoms with Gasteiger partial charge in [-0.25, -0.2) is 4.39 Å².